The van der Waals surface area contributed by atoms with Crippen molar-refractivity contribution in [2.45, 2.75) is 49.6 Å². The average Bonchev–Trinajstić information content (AvgIpc) is 2.77. The molecule has 5 rings (SSSR count). The van der Waals surface area contributed by atoms with Gasteiger partial charge in [-0.05, 0) is 29.0 Å². The predicted octanol–water partition coefficient (Wildman–Crippen LogP) is 4.39. The number of thioether (sulfide) groups is 1. The summed E-state index contributed by atoms with van der Waals surface area (Å²) in [7, 11) is 0. The van der Waals surface area contributed by atoms with E-state index < -0.39 is 0 Å². The second kappa shape index (κ2) is 8.20. The van der Waals surface area contributed by atoms with Gasteiger partial charge in [0, 0.05) is 42.4 Å². The topological polar surface area (TPSA) is 87.7 Å². The molecule has 2 N–H and O–H groups in total. The van der Waals surface area contributed by atoms with Crippen LogP contribution in [0.25, 0.3) is 0 Å². The van der Waals surface area contributed by atoms with Crippen molar-refractivity contribution >= 4 is 23.4 Å². The number of Topliss-reactive ketones (excluding diaryl/α,β-unsaturated/α-hetero) is 1. The van der Waals surface area contributed by atoms with Gasteiger partial charge in [0.25, 0.3) is 5.56 Å². The number of hydrogen-bond acceptors (Lipinski definition) is 6. The Balaban J connectivity index is 1.56. The molecule has 2 aliphatic rings. The van der Waals surface area contributed by atoms with Gasteiger partial charge in [-0.3, -0.25) is 14.6 Å². The molecule has 6 nitrogen and oxygen atoms in total. The van der Waals surface area contributed by atoms with Crippen LogP contribution in [0.2, 0.25) is 0 Å². The van der Waals surface area contributed by atoms with Gasteiger partial charge in [-0.1, -0.05) is 62.0 Å². The minimum atomic E-state index is -0.297. The van der Waals surface area contributed by atoms with Crippen molar-refractivity contribution in [3.05, 3.63) is 81.9 Å². The van der Waals surface area contributed by atoms with Crippen LogP contribution >= 0.6 is 11.8 Å². The zero-order chi connectivity index (χ0) is 22.3. The van der Waals surface area contributed by atoms with E-state index in [0.29, 0.717) is 28.7 Å². The molecule has 0 amide bonds. The van der Waals surface area contributed by atoms with Gasteiger partial charge in [0.15, 0.2) is 5.16 Å². The Kier molecular flexibility index (Phi) is 5.37. The lowest BCUT2D eigenvalue weighted by Crippen LogP contribution is -2.51. The lowest BCUT2D eigenvalue weighted by molar-refractivity contribution is -0.129. The summed E-state index contributed by atoms with van der Waals surface area (Å²) >= 11 is 1.47. The predicted molar refractivity (Wildman–Crippen MR) is 126 cm³/mol. The Bertz CT molecular complexity index is 1190. The number of anilines is 1. The minimum Gasteiger partial charge on any atom is -0.366 e. The zero-order valence-corrected chi connectivity index (χ0v) is 19.0. The first kappa shape index (κ1) is 20.9. The number of aromatic nitrogens is 3. The molecule has 3 aromatic rings. The highest BCUT2D eigenvalue weighted by Gasteiger charge is 2.49. The van der Waals surface area contributed by atoms with Crippen molar-refractivity contribution in [2.24, 2.45) is 11.3 Å². The zero-order valence-electron chi connectivity index (χ0n) is 18.2. The molecular weight excluding hydrogens is 420 g/mol. The molecule has 1 fully saturated rings. The summed E-state index contributed by atoms with van der Waals surface area (Å²) in [6.45, 7) is 4.27. The van der Waals surface area contributed by atoms with E-state index >= 15 is 0 Å². The number of aromatic amines is 1. The van der Waals surface area contributed by atoms with E-state index in [9.17, 15) is 9.59 Å². The molecule has 0 radical (unpaired) electrons. The van der Waals surface area contributed by atoms with Gasteiger partial charge in [0.05, 0.1) is 5.56 Å². The average molecular weight is 447 g/mol. The van der Waals surface area contributed by atoms with Crippen molar-refractivity contribution in [1.29, 1.82) is 0 Å². The van der Waals surface area contributed by atoms with Crippen LogP contribution in [0, 0.1) is 11.3 Å². The van der Waals surface area contributed by atoms with E-state index in [1.165, 1.54) is 11.8 Å². The molecule has 164 valence electrons. The van der Waals surface area contributed by atoms with Gasteiger partial charge in [0.2, 0.25) is 0 Å². The highest BCUT2D eigenvalue weighted by Crippen LogP contribution is 2.48. The first-order valence-corrected chi connectivity index (χ1v) is 11.9. The highest BCUT2D eigenvalue weighted by atomic mass is 32.2. The van der Waals surface area contributed by atoms with Gasteiger partial charge in [0.1, 0.15) is 11.6 Å². The molecule has 3 atom stereocenters. The second-order valence-electron chi connectivity index (χ2n) is 9.46. The number of H-pyrrole nitrogens is 1. The Morgan fingerprint density at radius 1 is 1.12 bits per heavy atom. The Hall–Kier alpha value is -2.93. The summed E-state index contributed by atoms with van der Waals surface area (Å²) in [5.41, 5.74) is 2.36. The normalized spacial score (nSPS) is 23.7. The quantitative estimate of drug-likeness (QED) is 0.457. The molecule has 0 bridgehead atoms. The third-order valence-electron chi connectivity index (χ3n) is 6.41. The fourth-order valence-electron chi connectivity index (χ4n) is 5.12. The van der Waals surface area contributed by atoms with E-state index in [2.05, 4.69) is 29.1 Å². The Morgan fingerprint density at radius 3 is 2.69 bits per heavy atom. The van der Waals surface area contributed by atoms with Gasteiger partial charge in [-0.15, -0.1) is 0 Å². The van der Waals surface area contributed by atoms with E-state index in [-0.39, 0.29) is 34.6 Å². The summed E-state index contributed by atoms with van der Waals surface area (Å²) in [4.78, 5) is 38.5. The van der Waals surface area contributed by atoms with Crippen LogP contribution in [0.4, 0.5) is 5.82 Å². The molecule has 3 heterocycles. The third-order valence-corrected chi connectivity index (χ3v) is 7.36. The summed E-state index contributed by atoms with van der Waals surface area (Å²) in [5.74, 6) is 0.912. The molecule has 7 heteroatoms. The smallest absolute Gasteiger partial charge is 0.257 e. The second-order valence-corrected chi connectivity index (χ2v) is 10.4. The number of hydrogen-bond donors (Lipinski definition) is 2. The number of carbonyl (C=O) groups excluding carboxylic acids is 1. The number of ketones is 1. The van der Waals surface area contributed by atoms with E-state index in [4.69, 9.17) is 4.98 Å². The van der Waals surface area contributed by atoms with E-state index in [0.717, 1.165) is 17.5 Å². The van der Waals surface area contributed by atoms with Crippen molar-refractivity contribution in [2.75, 3.05) is 5.32 Å². The van der Waals surface area contributed by atoms with Crippen LogP contribution in [0.5, 0.6) is 0 Å². The van der Waals surface area contributed by atoms with Crippen LogP contribution in [0.1, 0.15) is 49.3 Å². The third kappa shape index (κ3) is 3.97. The number of benzene rings is 1. The number of fused-ring (bicyclic) bond motifs is 2. The van der Waals surface area contributed by atoms with Crippen molar-refractivity contribution in [1.82, 2.24) is 15.0 Å². The molecule has 32 heavy (non-hydrogen) atoms. The minimum absolute atomic E-state index is 0.0468. The lowest BCUT2D eigenvalue weighted by atomic mass is 9.62. The molecule has 3 unspecified atom stereocenters. The number of pyridine rings is 1. The standard InChI is InChI=1S/C25H26N4O2S/c1-25(2)11-17-20(18(30)12-25)19(16-8-4-3-5-9-16)21-22(27-17)28-24(29-23(21)31)32-14-15-7-6-10-26-13-15/h3-10,13,17,19-20H,11-12,14H2,1-2H3,(H2,27,28,29,31). The Morgan fingerprint density at radius 2 is 1.94 bits per heavy atom. The monoisotopic (exact) mass is 446 g/mol. The number of rotatable bonds is 4. The maximum Gasteiger partial charge on any atom is 0.257 e. The summed E-state index contributed by atoms with van der Waals surface area (Å²) < 4.78 is 0. The first-order chi connectivity index (χ1) is 15.4. The fourth-order valence-corrected chi connectivity index (χ4v) is 5.92. The van der Waals surface area contributed by atoms with Gasteiger partial charge < -0.3 is 10.3 Å². The molecule has 1 saturated carbocycles. The maximum absolute atomic E-state index is 13.3. The number of carbonyl (C=O) groups is 1. The van der Waals surface area contributed by atoms with Gasteiger partial charge in [-0.25, -0.2) is 4.98 Å². The summed E-state index contributed by atoms with van der Waals surface area (Å²) in [6.07, 6.45) is 4.94. The lowest BCUT2D eigenvalue weighted by Gasteiger charge is -2.46. The molecule has 1 aromatic carbocycles. The SMILES string of the molecule is CC1(C)CC(=O)C2C(C1)Nc1nc(SCc3cccnc3)[nH]c(=O)c1C2c1ccccc1. The van der Waals surface area contributed by atoms with Crippen LogP contribution in [-0.4, -0.2) is 26.8 Å². The van der Waals surface area contributed by atoms with Crippen LogP contribution in [0.3, 0.4) is 0 Å². The summed E-state index contributed by atoms with van der Waals surface area (Å²) in [5, 5.41) is 4.05. The largest absolute Gasteiger partial charge is 0.366 e. The van der Waals surface area contributed by atoms with Crippen molar-refractivity contribution in [3.8, 4) is 0 Å². The maximum atomic E-state index is 13.3. The molecule has 2 aromatic heterocycles. The molecular formula is C25H26N4O2S. The number of nitrogens with one attached hydrogen (secondary N) is 2. The van der Waals surface area contributed by atoms with E-state index in [1.807, 2.05) is 48.7 Å². The van der Waals surface area contributed by atoms with Crippen molar-refractivity contribution < 1.29 is 4.79 Å². The van der Waals surface area contributed by atoms with Gasteiger partial charge >= 0.3 is 0 Å². The molecule has 0 saturated heterocycles. The fraction of sp³-hybridized carbons (Fsp3) is 0.360. The molecule has 1 aliphatic heterocycles. The first-order valence-electron chi connectivity index (χ1n) is 10.9. The van der Waals surface area contributed by atoms with Crippen molar-refractivity contribution in [3.63, 3.8) is 0 Å². The van der Waals surface area contributed by atoms with Crippen LogP contribution in [0.15, 0.2) is 64.8 Å². The Labute approximate surface area is 191 Å². The summed E-state index contributed by atoms with van der Waals surface area (Å²) in [6, 6.07) is 13.7. The van der Waals surface area contributed by atoms with Gasteiger partial charge in [-0.2, -0.15) is 0 Å². The van der Waals surface area contributed by atoms with Crippen LogP contribution < -0.4 is 10.9 Å². The molecule has 1 aliphatic carbocycles. The van der Waals surface area contributed by atoms with Crippen LogP contribution in [-0.2, 0) is 10.5 Å². The number of nitrogens with zero attached hydrogens (tertiary/aromatic N) is 2. The molecule has 0 spiro atoms. The highest BCUT2D eigenvalue weighted by molar-refractivity contribution is 7.98. The van der Waals surface area contributed by atoms with E-state index in [1.54, 1.807) is 6.20 Å².